The van der Waals surface area contributed by atoms with E-state index in [1.165, 1.54) is 31.2 Å². The number of rotatable bonds is 30. The normalized spacial score (nSPS) is 15.0. The maximum Gasteiger partial charge on any atom is 0.469 e. The summed E-state index contributed by atoms with van der Waals surface area (Å²) < 4.78 is 32.1. The van der Waals surface area contributed by atoms with Crippen molar-refractivity contribution in [1.82, 2.24) is 37.2 Å². The molecule has 0 aliphatic heterocycles. The van der Waals surface area contributed by atoms with Gasteiger partial charge in [0.05, 0.1) is 44.2 Å². The lowest BCUT2D eigenvalue weighted by Crippen LogP contribution is -2.62. The number of carboxylic acids is 2. The third-order valence-corrected chi connectivity index (χ3v) is 9.62. The highest BCUT2D eigenvalue weighted by Gasteiger charge is 2.38. The molecule has 18 N–H and O–H groups in total. The standard InChI is InChI=1S/C34H51N9O22P2/c1-15(38-30(53)20(35)9-17-3-5-19(45)6-4-17)29(52)37-12-25(47)40-23(14-64-66(58,59)60)33(56)43-28(16(2)65-67(61,62)63)34(57)42-22(11-27(50)51)32(55)41-21(7-8-26(48)49)31(54)39-18(13-44)10-24(36)46/h3-6,13,15-16,18,20-23,28,45H,7-12,14,35H2,1-2H3,(H2,36,46)(H,37,52)(H,38,53)(H,39,54)(H,40,47)(H,41,55)(H,42,57)(H,43,56)(H,48,49)(H,50,51)(H2,58,59,60)(H2,61,62,63)/t15-,16+,18-,20-,21-,22-,23-,28-/m0/s1. The second-order valence-electron chi connectivity index (χ2n) is 14.2. The number of primary amides is 1. The first-order valence-electron chi connectivity index (χ1n) is 19.1. The smallest absolute Gasteiger partial charge is 0.469 e. The van der Waals surface area contributed by atoms with E-state index in [2.05, 4.69) is 19.7 Å². The summed E-state index contributed by atoms with van der Waals surface area (Å²) in [6, 6.07) is -7.19. The Hall–Kier alpha value is -6.43. The number of aldehydes is 1. The number of nitrogens with one attached hydrogen (secondary N) is 7. The van der Waals surface area contributed by atoms with Gasteiger partial charge in [0, 0.05) is 6.42 Å². The fraction of sp³-hybridized carbons (Fsp3) is 0.500. The van der Waals surface area contributed by atoms with Crippen molar-refractivity contribution in [2.45, 2.75) is 94.3 Å². The van der Waals surface area contributed by atoms with E-state index in [1.807, 2.05) is 26.6 Å². The number of aliphatic carboxylic acids is 2. The quantitative estimate of drug-likeness (QED) is 0.0252. The average molecular weight is 1000 g/mol. The molecule has 1 aromatic rings. The summed E-state index contributed by atoms with van der Waals surface area (Å²) in [4.78, 5) is 175. The average Bonchev–Trinajstić information content (AvgIpc) is 3.20. The minimum Gasteiger partial charge on any atom is -0.508 e. The van der Waals surface area contributed by atoms with Gasteiger partial charge in [-0.2, -0.15) is 0 Å². The number of hydrogen-bond acceptors (Lipinski definition) is 17. The second kappa shape index (κ2) is 27.3. The number of carbonyl (C=O) groups is 11. The molecule has 0 saturated heterocycles. The minimum absolute atomic E-state index is 0.00295. The van der Waals surface area contributed by atoms with Crippen LogP contribution >= 0.6 is 15.6 Å². The summed E-state index contributed by atoms with van der Waals surface area (Å²) in [7, 11) is -11.0. The van der Waals surface area contributed by atoms with Gasteiger partial charge in [0.15, 0.2) is 0 Å². The monoisotopic (exact) mass is 999 g/mol. The maximum absolute atomic E-state index is 13.6. The number of benzene rings is 1. The number of phenolic OH excluding ortho intramolecular Hbond substituents is 1. The lowest BCUT2D eigenvalue weighted by atomic mass is 10.1. The van der Waals surface area contributed by atoms with Crippen LogP contribution in [0.4, 0.5) is 0 Å². The molecule has 33 heteroatoms. The first-order chi connectivity index (χ1) is 30.9. The molecule has 0 saturated carbocycles. The van der Waals surface area contributed by atoms with Gasteiger partial charge < -0.3 is 88.4 Å². The van der Waals surface area contributed by atoms with E-state index in [0.29, 0.717) is 5.56 Å². The molecule has 0 aliphatic rings. The van der Waals surface area contributed by atoms with Gasteiger partial charge in [-0.1, -0.05) is 12.1 Å². The van der Waals surface area contributed by atoms with Gasteiger partial charge in [-0.3, -0.25) is 57.0 Å². The van der Waals surface area contributed by atoms with Crippen molar-refractivity contribution in [3.63, 3.8) is 0 Å². The van der Waals surface area contributed by atoms with Gasteiger partial charge in [0.25, 0.3) is 0 Å². The molecule has 0 fully saturated rings. The number of carbonyl (C=O) groups excluding carboxylic acids is 9. The van der Waals surface area contributed by atoms with Crippen LogP contribution in [0.2, 0.25) is 0 Å². The van der Waals surface area contributed by atoms with Crippen LogP contribution in [0.5, 0.6) is 5.75 Å². The maximum atomic E-state index is 13.6. The molecular formula is C34H51N9O22P2. The van der Waals surface area contributed by atoms with E-state index in [1.54, 1.807) is 0 Å². The van der Waals surface area contributed by atoms with Crippen molar-refractivity contribution in [1.29, 1.82) is 0 Å². The van der Waals surface area contributed by atoms with Gasteiger partial charge in [0.1, 0.15) is 42.2 Å². The summed E-state index contributed by atoms with van der Waals surface area (Å²) in [5, 5.41) is 42.1. The van der Waals surface area contributed by atoms with Gasteiger partial charge >= 0.3 is 27.6 Å². The van der Waals surface area contributed by atoms with Gasteiger partial charge in [0.2, 0.25) is 47.3 Å². The zero-order valence-corrected chi connectivity index (χ0v) is 37.0. The van der Waals surface area contributed by atoms with Crippen LogP contribution in [0.25, 0.3) is 0 Å². The zero-order chi connectivity index (χ0) is 51.4. The Bertz CT molecular complexity index is 2080. The van der Waals surface area contributed by atoms with Crippen LogP contribution in [0.3, 0.4) is 0 Å². The van der Waals surface area contributed by atoms with Gasteiger partial charge in [-0.25, -0.2) is 9.13 Å². The Kier molecular flexibility index (Phi) is 23.8. The molecule has 67 heavy (non-hydrogen) atoms. The lowest BCUT2D eigenvalue weighted by Gasteiger charge is -2.29. The molecule has 8 amide bonds. The Morgan fingerprint density at radius 2 is 1.27 bits per heavy atom. The molecule has 0 radical (unpaired) electrons. The van der Waals surface area contributed by atoms with Gasteiger partial charge in [-0.05, 0) is 44.4 Å². The molecule has 0 aliphatic carbocycles. The molecule has 0 heterocycles. The summed E-state index contributed by atoms with van der Waals surface area (Å²) in [6.07, 6.45) is -5.70. The van der Waals surface area contributed by atoms with E-state index in [0.717, 1.165) is 6.92 Å². The van der Waals surface area contributed by atoms with Crippen LogP contribution in [-0.2, 0) is 77.3 Å². The highest BCUT2D eigenvalue weighted by molar-refractivity contribution is 7.46. The second-order valence-corrected chi connectivity index (χ2v) is 16.6. The number of phenols is 1. The third kappa shape index (κ3) is 24.1. The molecule has 1 aromatic carbocycles. The Morgan fingerprint density at radius 1 is 0.701 bits per heavy atom. The highest BCUT2D eigenvalue weighted by Crippen LogP contribution is 2.38. The molecule has 8 atom stereocenters. The molecular weight excluding hydrogens is 948 g/mol. The molecule has 0 bridgehead atoms. The topological polar surface area (TPSA) is 518 Å². The molecule has 0 spiro atoms. The summed E-state index contributed by atoms with van der Waals surface area (Å²) >= 11 is 0. The fourth-order valence-corrected chi connectivity index (χ4v) is 6.20. The van der Waals surface area contributed by atoms with Crippen LogP contribution in [-0.4, -0.2) is 162 Å². The summed E-state index contributed by atoms with van der Waals surface area (Å²) in [5.41, 5.74) is 11.5. The van der Waals surface area contributed by atoms with Crippen molar-refractivity contribution in [2.75, 3.05) is 13.2 Å². The zero-order valence-electron chi connectivity index (χ0n) is 35.3. The van der Waals surface area contributed by atoms with Gasteiger partial charge in [-0.15, -0.1) is 0 Å². The number of carboxylic acid groups (broad SMARTS) is 2. The largest absolute Gasteiger partial charge is 0.508 e. The number of nitrogens with two attached hydrogens (primary N) is 2. The van der Waals surface area contributed by atoms with Crippen molar-refractivity contribution >= 4 is 81.1 Å². The Balaban J connectivity index is 3.33. The van der Waals surface area contributed by atoms with E-state index >= 15 is 0 Å². The lowest BCUT2D eigenvalue weighted by molar-refractivity contribution is -0.142. The Morgan fingerprint density at radius 3 is 1.79 bits per heavy atom. The first kappa shape index (κ1) is 58.6. The Labute approximate surface area is 378 Å². The molecule has 0 aromatic heterocycles. The van der Waals surface area contributed by atoms with Crippen LogP contribution < -0.4 is 48.7 Å². The van der Waals surface area contributed by atoms with Crippen LogP contribution in [0, 0.1) is 0 Å². The third-order valence-electron chi connectivity index (χ3n) is 8.52. The summed E-state index contributed by atoms with van der Waals surface area (Å²) in [6.45, 7) is -0.449. The predicted octanol–water partition coefficient (Wildman–Crippen LogP) is -6.67. The van der Waals surface area contributed by atoms with E-state index in [9.17, 15) is 91.7 Å². The van der Waals surface area contributed by atoms with Crippen molar-refractivity contribution in [2.24, 2.45) is 11.5 Å². The molecule has 0 unspecified atom stereocenters. The summed E-state index contributed by atoms with van der Waals surface area (Å²) in [5.74, 6) is -13.6. The molecule has 31 nitrogen and oxygen atoms in total. The number of phosphoric ester groups is 2. The fourth-order valence-electron chi connectivity index (χ4n) is 5.30. The highest BCUT2D eigenvalue weighted by atomic mass is 31.2. The van der Waals surface area contributed by atoms with E-state index < -0.39 is 162 Å². The predicted molar refractivity (Wildman–Crippen MR) is 220 cm³/mol. The number of amides is 8. The van der Waals surface area contributed by atoms with E-state index in [-0.39, 0.29) is 18.5 Å². The first-order valence-corrected chi connectivity index (χ1v) is 22.2. The van der Waals surface area contributed by atoms with Crippen molar-refractivity contribution in [3.8, 4) is 5.75 Å². The van der Waals surface area contributed by atoms with Crippen LogP contribution in [0.1, 0.15) is 45.1 Å². The number of aromatic hydroxyl groups is 1. The molecule has 1 rings (SSSR count). The minimum atomic E-state index is -5.57. The van der Waals surface area contributed by atoms with Crippen molar-refractivity contribution in [3.05, 3.63) is 29.8 Å². The number of hydrogen-bond donors (Lipinski definition) is 16. The van der Waals surface area contributed by atoms with Crippen molar-refractivity contribution < 1.29 is 106 Å². The molecule has 374 valence electrons. The van der Waals surface area contributed by atoms with E-state index in [4.69, 9.17) is 16.6 Å². The number of phosphoric acid groups is 2. The van der Waals surface area contributed by atoms with Crippen LogP contribution in [0.15, 0.2) is 24.3 Å². The SMILES string of the molecule is C[C@H](NC(=O)[C@@H](N)Cc1ccc(O)cc1)C(=O)NCC(=O)N[C@@H](COP(=O)(O)O)C(=O)N[C@H](C(=O)N[C@@H](CC(=O)O)C(=O)N[C@@H](CCC(=O)O)C(=O)N[C@H](C=O)CC(N)=O)[C@@H](C)OP(=O)(O)O.